The Bertz CT molecular complexity index is 214. The second-order valence-electron chi connectivity index (χ2n) is 4.33. The van der Waals surface area contributed by atoms with E-state index in [1.807, 2.05) is 21.1 Å². The lowest BCUT2D eigenvalue weighted by Gasteiger charge is -2.29. The Morgan fingerprint density at radius 2 is 1.79 bits per heavy atom. The van der Waals surface area contributed by atoms with Crippen LogP contribution in [0, 0.1) is 0 Å². The molecule has 7 heteroatoms. The maximum atomic E-state index is 11.1. The second kappa shape index (κ2) is 5.21. The number of hydrogen-bond donors (Lipinski definition) is 0. The maximum absolute atomic E-state index is 11.1. The summed E-state index contributed by atoms with van der Waals surface area (Å²) in [5, 5.41) is 0. The summed E-state index contributed by atoms with van der Waals surface area (Å²) in [5.74, 6) is 0. The van der Waals surface area contributed by atoms with Crippen LogP contribution >= 0.6 is 7.82 Å². The Balaban J connectivity index is 3.90. The number of phosphoric acid groups is 1. The molecule has 0 aliphatic heterocycles. The molecule has 0 bridgehead atoms. The van der Waals surface area contributed by atoms with Gasteiger partial charge < -0.3 is 13.9 Å². The van der Waals surface area contributed by atoms with Crippen molar-refractivity contribution in [2.45, 2.75) is 0 Å². The summed E-state index contributed by atoms with van der Waals surface area (Å²) in [6.45, 7) is 0.0616. The topological polar surface area (TPSA) is 61.8 Å². The largest absolute Gasteiger partial charge is 0.756 e. The van der Waals surface area contributed by atoms with Gasteiger partial charge in [0.25, 0.3) is 7.82 Å². The van der Waals surface area contributed by atoms with Crippen molar-refractivity contribution in [2.75, 3.05) is 48.7 Å². The first-order chi connectivity index (χ1) is 6.12. The number of hydrogen-bond acceptors (Lipinski definition) is 5. The first-order valence-corrected chi connectivity index (χ1v) is 5.64. The molecule has 0 saturated carbocycles. The van der Waals surface area contributed by atoms with E-state index < -0.39 is 7.82 Å². The lowest BCUT2D eigenvalue weighted by molar-refractivity contribution is -0.887. The zero-order valence-corrected chi connectivity index (χ0v) is 10.3. The summed E-state index contributed by atoms with van der Waals surface area (Å²) in [4.78, 5) is 12.7. The van der Waals surface area contributed by atoms with Gasteiger partial charge in [0.2, 0.25) is 0 Å². The minimum atomic E-state index is -4.15. The summed E-state index contributed by atoms with van der Waals surface area (Å²) in [6, 6.07) is 0. The van der Waals surface area contributed by atoms with Crippen molar-refractivity contribution in [3.05, 3.63) is 0 Å². The Morgan fingerprint density at radius 1 is 1.29 bits per heavy atom. The van der Waals surface area contributed by atoms with Gasteiger partial charge in [0, 0.05) is 0 Å². The van der Waals surface area contributed by atoms with E-state index in [1.54, 1.807) is 19.0 Å². The van der Waals surface area contributed by atoms with E-state index in [1.165, 1.54) is 0 Å². The molecule has 1 unspecified atom stereocenters. The molecule has 0 saturated heterocycles. The van der Waals surface area contributed by atoms with E-state index in [4.69, 9.17) is 0 Å². The van der Waals surface area contributed by atoms with Crippen LogP contribution in [0.4, 0.5) is 0 Å². The van der Waals surface area contributed by atoms with Crippen molar-refractivity contribution in [3.63, 3.8) is 0 Å². The zero-order chi connectivity index (χ0) is 11.4. The van der Waals surface area contributed by atoms with Crippen LogP contribution in [0.3, 0.4) is 0 Å². The zero-order valence-electron chi connectivity index (χ0n) is 9.39. The van der Waals surface area contributed by atoms with Crippen LogP contribution < -0.4 is 4.89 Å². The third-order valence-electron chi connectivity index (χ3n) is 1.08. The van der Waals surface area contributed by atoms with Crippen molar-refractivity contribution in [1.82, 2.24) is 4.90 Å². The third kappa shape index (κ3) is 8.62. The van der Waals surface area contributed by atoms with Gasteiger partial charge in [0.1, 0.15) is 6.73 Å². The van der Waals surface area contributed by atoms with Crippen LogP contribution in [-0.2, 0) is 13.6 Å². The molecule has 0 rings (SSSR count). The maximum Gasteiger partial charge on any atom is 0.273 e. The number of nitrogens with zero attached hydrogens (tertiary/aromatic N) is 2. The van der Waals surface area contributed by atoms with Gasteiger partial charge in [-0.05, 0) is 14.1 Å². The molecule has 0 spiro atoms. The summed E-state index contributed by atoms with van der Waals surface area (Å²) >= 11 is 0. The van der Waals surface area contributed by atoms with Crippen molar-refractivity contribution in [1.29, 1.82) is 0 Å². The molecule has 6 nitrogen and oxygen atoms in total. The van der Waals surface area contributed by atoms with E-state index in [0.717, 1.165) is 0 Å². The Labute approximate surface area is 85.2 Å². The molecule has 0 aromatic carbocycles. The number of rotatable bonds is 6. The molecule has 0 aromatic heterocycles. The van der Waals surface area contributed by atoms with Crippen molar-refractivity contribution < 1.29 is 23.0 Å². The molecule has 0 aliphatic carbocycles. The van der Waals surface area contributed by atoms with Crippen LogP contribution in [0.5, 0.6) is 0 Å². The first-order valence-electron chi connectivity index (χ1n) is 4.18. The predicted molar refractivity (Wildman–Crippen MR) is 51.2 cm³/mol. The average molecular weight is 226 g/mol. The predicted octanol–water partition coefficient (Wildman–Crippen LogP) is -0.329. The van der Waals surface area contributed by atoms with Gasteiger partial charge >= 0.3 is 0 Å². The highest BCUT2D eigenvalue weighted by Gasteiger charge is 2.15. The Morgan fingerprint density at radius 3 is 2.14 bits per heavy atom. The van der Waals surface area contributed by atoms with Crippen molar-refractivity contribution >= 4 is 7.82 Å². The Hall–Kier alpha value is 0.0300. The van der Waals surface area contributed by atoms with Crippen LogP contribution in [0.1, 0.15) is 0 Å². The summed E-state index contributed by atoms with van der Waals surface area (Å²) in [5.41, 5.74) is 0. The van der Waals surface area contributed by atoms with Crippen LogP contribution in [0.15, 0.2) is 0 Å². The SMILES string of the molecule is CN(C)COP(=O)([O-])OC[N+](C)(C)C. The van der Waals surface area contributed by atoms with E-state index in [9.17, 15) is 9.46 Å². The van der Waals surface area contributed by atoms with Crippen molar-refractivity contribution in [2.24, 2.45) is 0 Å². The monoisotopic (exact) mass is 226 g/mol. The fourth-order valence-corrected chi connectivity index (χ4v) is 1.40. The normalized spacial score (nSPS) is 17.1. The fraction of sp³-hybridized carbons (Fsp3) is 1.00. The van der Waals surface area contributed by atoms with Crippen LogP contribution in [-0.4, -0.2) is 58.1 Å². The van der Waals surface area contributed by atoms with Gasteiger partial charge in [0.15, 0.2) is 6.73 Å². The molecule has 1 atom stereocenters. The molecule has 0 heterocycles. The average Bonchev–Trinajstić information content (AvgIpc) is 1.97. The molecule has 0 radical (unpaired) electrons. The van der Waals surface area contributed by atoms with Gasteiger partial charge in [-0.3, -0.25) is 14.0 Å². The highest BCUT2D eigenvalue weighted by molar-refractivity contribution is 7.45. The van der Waals surface area contributed by atoms with Crippen molar-refractivity contribution in [3.8, 4) is 0 Å². The molecule has 14 heavy (non-hydrogen) atoms. The first kappa shape index (κ1) is 14.0. The minimum absolute atomic E-state index is 0.00206. The highest BCUT2D eigenvalue weighted by Crippen LogP contribution is 2.38. The smallest absolute Gasteiger partial charge is 0.273 e. The number of quaternary nitrogens is 1. The standard InChI is InChI=1S/C7H19N2O4P/c1-8(2)6-12-14(10,11)13-7-9(3,4)5/h6-7H2,1-5H3. The third-order valence-corrected chi connectivity index (χ3v) is 1.94. The van der Waals surface area contributed by atoms with Gasteiger partial charge in [-0.1, -0.05) is 0 Å². The molecule has 86 valence electrons. The molecular weight excluding hydrogens is 207 g/mol. The van der Waals surface area contributed by atoms with Crippen LogP contribution in [0.25, 0.3) is 0 Å². The molecule has 0 aromatic rings. The van der Waals surface area contributed by atoms with E-state index >= 15 is 0 Å². The highest BCUT2D eigenvalue weighted by atomic mass is 31.2. The quantitative estimate of drug-likeness (QED) is 0.352. The lowest BCUT2D eigenvalue weighted by atomic mass is 10.7. The fourth-order valence-electron chi connectivity index (χ4n) is 0.467. The molecule has 0 amide bonds. The van der Waals surface area contributed by atoms with Gasteiger partial charge in [-0.15, -0.1) is 0 Å². The summed E-state index contributed by atoms with van der Waals surface area (Å²) in [7, 11) is 4.74. The summed E-state index contributed by atoms with van der Waals surface area (Å²) < 4.78 is 20.8. The summed E-state index contributed by atoms with van der Waals surface area (Å²) in [6.07, 6.45) is 0. The molecule has 0 fully saturated rings. The molecular formula is C7H19N2O4P. The Kier molecular flexibility index (Phi) is 5.22. The van der Waals surface area contributed by atoms with Crippen LogP contribution in [0.2, 0.25) is 0 Å². The van der Waals surface area contributed by atoms with Gasteiger partial charge in [-0.25, -0.2) is 0 Å². The lowest BCUT2D eigenvalue weighted by Crippen LogP contribution is -2.37. The van der Waals surface area contributed by atoms with E-state index in [0.29, 0.717) is 4.48 Å². The second-order valence-corrected chi connectivity index (χ2v) is 5.74. The molecule has 0 N–H and O–H groups in total. The number of phosphoric ester groups is 1. The van der Waals surface area contributed by atoms with E-state index in [2.05, 4.69) is 9.05 Å². The minimum Gasteiger partial charge on any atom is -0.756 e. The van der Waals surface area contributed by atoms with Gasteiger partial charge in [-0.2, -0.15) is 0 Å². The molecule has 0 aliphatic rings. The van der Waals surface area contributed by atoms with Gasteiger partial charge in [0.05, 0.1) is 21.1 Å². The van der Waals surface area contributed by atoms with E-state index in [-0.39, 0.29) is 13.5 Å².